The molecule has 2 aromatic rings. The van der Waals surface area contributed by atoms with Gasteiger partial charge in [0.15, 0.2) is 0 Å². The molecule has 4 nitrogen and oxygen atoms in total. The molecule has 0 fully saturated rings. The number of nitrogen functional groups attached to an aromatic ring is 1. The van der Waals surface area contributed by atoms with E-state index in [0.29, 0.717) is 5.82 Å². The molecule has 4 heteroatoms. The normalized spacial score (nSPS) is 14.1. The van der Waals surface area contributed by atoms with E-state index in [9.17, 15) is 0 Å². The fraction of sp³-hybridized carbons (Fsp3) is 0.308. The number of benzene rings is 1. The van der Waals surface area contributed by atoms with E-state index in [4.69, 9.17) is 5.73 Å². The molecule has 0 spiro atoms. The molecule has 1 aromatic heterocycles. The van der Waals surface area contributed by atoms with Gasteiger partial charge in [0.2, 0.25) is 0 Å². The fourth-order valence-corrected chi connectivity index (χ4v) is 2.44. The second-order valence-electron chi connectivity index (χ2n) is 4.48. The first-order valence-corrected chi connectivity index (χ1v) is 5.85. The van der Waals surface area contributed by atoms with Crippen LogP contribution in [0.15, 0.2) is 30.3 Å². The van der Waals surface area contributed by atoms with Crippen molar-refractivity contribution < 1.29 is 0 Å². The van der Waals surface area contributed by atoms with Gasteiger partial charge < -0.3 is 10.6 Å². The maximum absolute atomic E-state index is 5.70. The summed E-state index contributed by atoms with van der Waals surface area (Å²) in [6.45, 7) is 1.95. The van der Waals surface area contributed by atoms with E-state index < -0.39 is 0 Å². The van der Waals surface area contributed by atoms with Gasteiger partial charge >= 0.3 is 0 Å². The van der Waals surface area contributed by atoms with Crippen LogP contribution in [-0.4, -0.2) is 16.3 Å². The first-order valence-electron chi connectivity index (χ1n) is 5.85. The Bertz CT molecular complexity index is 544. The summed E-state index contributed by atoms with van der Waals surface area (Å²) < 4.78 is 1.86. The van der Waals surface area contributed by atoms with Gasteiger partial charge in [-0.05, 0) is 18.1 Å². The van der Waals surface area contributed by atoms with Crippen molar-refractivity contribution in [1.82, 2.24) is 9.78 Å². The molecule has 0 bridgehead atoms. The number of nitrogens with two attached hydrogens (primary N) is 1. The Labute approximate surface area is 101 Å². The summed E-state index contributed by atoms with van der Waals surface area (Å²) in [7, 11) is 1.94. The van der Waals surface area contributed by atoms with Gasteiger partial charge in [-0.3, -0.25) is 4.68 Å². The zero-order valence-corrected chi connectivity index (χ0v) is 9.93. The Morgan fingerprint density at radius 2 is 2.18 bits per heavy atom. The molecule has 0 atom stereocenters. The lowest BCUT2D eigenvalue weighted by Crippen LogP contribution is -2.21. The molecule has 2 N–H and O–H groups in total. The van der Waals surface area contributed by atoms with Crippen LogP contribution in [0.3, 0.4) is 0 Å². The molecule has 0 unspecified atom stereocenters. The van der Waals surface area contributed by atoms with Crippen molar-refractivity contribution in [1.29, 1.82) is 0 Å². The highest BCUT2D eigenvalue weighted by Crippen LogP contribution is 2.28. The summed E-state index contributed by atoms with van der Waals surface area (Å²) in [5.74, 6) is 0.593. The van der Waals surface area contributed by atoms with Crippen molar-refractivity contribution in [3.05, 3.63) is 41.6 Å². The minimum Gasteiger partial charge on any atom is -0.382 e. The summed E-state index contributed by atoms with van der Waals surface area (Å²) in [6.07, 6.45) is 1.13. The van der Waals surface area contributed by atoms with Crippen molar-refractivity contribution in [2.45, 2.75) is 13.0 Å². The number of rotatable bonds is 2. The lowest BCUT2D eigenvalue weighted by Gasteiger charge is -2.19. The van der Waals surface area contributed by atoms with E-state index >= 15 is 0 Å². The van der Waals surface area contributed by atoms with E-state index in [0.717, 1.165) is 25.2 Å². The quantitative estimate of drug-likeness (QED) is 0.848. The molecule has 0 radical (unpaired) electrons. The molecule has 88 valence electrons. The van der Waals surface area contributed by atoms with Crippen molar-refractivity contribution in [3.63, 3.8) is 0 Å². The average Bonchev–Trinajstić information content (AvgIpc) is 2.85. The summed E-state index contributed by atoms with van der Waals surface area (Å²) in [5, 5.41) is 4.18. The molecule has 17 heavy (non-hydrogen) atoms. The fourth-order valence-electron chi connectivity index (χ4n) is 2.44. The molecule has 0 saturated carbocycles. The van der Waals surface area contributed by atoms with Gasteiger partial charge in [0.25, 0.3) is 0 Å². The minimum absolute atomic E-state index is 0.593. The number of hydrogen-bond acceptors (Lipinski definition) is 3. The zero-order valence-electron chi connectivity index (χ0n) is 9.93. The van der Waals surface area contributed by atoms with E-state index in [1.54, 1.807) is 0 Å². The first-order chi connectivity index (χ1) is 8.24. The molecule has 0 saturated heterocycles. The third kappa shape index (κ3) is 1.75. The molecule has 0 amide bonds. The van der Waals surface area contributed by atoms with E-state index in [2.05, 4.69) is 34.3 Å². The van der Waals surface area contributed by atoms with Crippen LogP contribution in [0.5, 0.6) is 0 Å². The standard InChI is InChI=1S/C13H16N4/c1-16-11(8-13(14)15-16)9-17-7-6-10-4-2-3-5-12(10)17/h2-5,8H,6-7,9H2,1H3,(H2,14,15). The number of nitrogens with zero attached hydrogens (tertiary/aromatic N) is 3. The number of fused-ring (bicyclic) bond motifs is 1. The lowest BCUT2D eigenvalue weighted by atomic mass is 10.2. The third-order valence-electron chi connectivity index (χ3n) is 3.33. The third-order valence-corrected chi connectivity index (χ3v) is 3.33. The van der Waals surface area contributed by atoms with Gasteiger partial charge in [0.05, 0.1) is 12.2 Å². The molecular formula is C13H16N4. The monoisotopic (exact) mass is 228 g/mol. The summed E-state index contributed by atoms with van der Waals surface area (Å²) in [5.41, 5.74) is 9.62. The van der Waals surface area contributed by atoms with Gasteiger partial charge in [0, 0.05) is 25.3 Å². The Morgan fingerprint density at radius 3 is 2.94 bits per heavy atom. The molecule has 3 rings (SSSR count). The number of aromatic nitrogens is 2. The van der Waals surface area contributed by atoms with Crippen LogP contribution in [0.1, 0.15) is 11.3 Å². The van der Waals surface area contributed by atoms with Crippen molar-refractivity contribution in [2.75, 3.05) is 17.2 Å². The Balaban J connectivity index is 1.86. The molecule has 0 aliphatic carbocycles. The molecular weight excluding hydrogens is 212 g/mol. The van der Waals surface area contributed by atoms with Gasteiger partial charge in [-0.25, -0.2) is 0 Å². The highest BCUT2D eigenvalue weighted by atomic mass is 15.3. The summed E-state index contributed by atoms with van der Waals surface area (Å²) in [6, 6.07) is 10.5. The highest BCUT2D eigenvalue weighted by Gasteiger charge is 2.19. The lowest BCUT2D eigenvalue weighted by molar-refractivity contribution is 0.690. The maximum atomic E-state index is 5.70. The second-order valence-corrected chi connectivity index (χ2v) is 4.48. The Kier molecular flexibility index (Phi) is 2.28. The number of aryl methyl sites for hydroxylation is 1. The van der Waals surface area contributed by atoms with E-state index in [1.807, 2.05) is 17.8 Å². The van der Waals surface area contributed by atoms with Crippen LogP contribution in [0.4, 0.5) is 11.5 Å². The predicted octanol–water partition coefficient (Wildman–Crippen LogP) is 1.56. The van der Waals surface area contributed by atoms with Crippen LogP contribution in [-0.2, 0) is 20.0 Å². The second kappa shape index (κ2) is 3.80. The van der Waals surface area contributed by atoms with E-state index in [1.165, 1.54) is 11.3 Å². The first kappa shape index (κ1) is 10.2. The van der Waals surface area contributed by atoms with Gasteiger partial charge in [-0.1, -0.05) is 18.2 Å². The van der Waals surface area contributed by atoms with Gasteiger partial charge in [-0.2, -0.15) is 5.10 Å². The van der Waals surface area contributed by atoms with Gasteiger partial charge in [0.1, 0.15) is 5.82 Å². The number of anilines is 2. The Morgan fingerprint density at radius 1 is 1.35 bits per heavy atom. The highest BCUT2D eigenvalue weighted by molar-refractivity contribution is 5.58. The largest absolute Gasteiger partial charge is 0.382 e. The zero-order chi connectivity index (χ0) is 11.8. The smallest absolute Gasteiger partial charge is 0.145 e. The Hall–Kier alpha value is -1.97. The number of para-hydroxylation sites is 1. The van der Waals surface area contributed by atoms with Crippen molar-refractivity contribution in [2.24, 2.45) is 7.05 Å². The van der Waals surface area contributed by atoms with Crippen LogP contribution >= 0.6 is 0 Å². The summed E-state index contributed by atoms with van der Waals surface area (Å²) in [4.78, 5) is 2.38. The van der Waals surface area contributed by atoms with Crippen LogP contribution in [0.2, 0.25) is 0 Å². The summed E-state index contributed by atoms with van der Waals surface area (Å²) >= 11 is 0. The topological polar surface area (TPSA) is 47.1 Å². The van der Waals surface area contributed by atoms with Crippen molar-refractivity contribution in [3.8, 4) is 0 Å². The molecule has 2 heterocycles. The van der Waals surface area contributed by atoms with Crippen LogP contribution in [0, 0.1) is 0 Å². The van der Waals surface area contributed by atoms with Crippen LogP contribution < -0.4 is 10.6 Å². The van der Waals surface area contributed by atoms with Crippen LogP contribution in [0.25, 0.3) is 0 Å². The van der Waals surface area contributed by atoms with Crippen molar-refractivity contribution >= 4 is 11.5 Å². The average molecular weight is 228 g/mol. The molecule has 1 aliphatic rings. The number of hydrogen-bond donors (Lipinski definition) is 1. The maximum Gasteiger partial charge on any atom is 0.145 e. The molecule has 1 aliphatic heterocycles. The SMILES string of the molecule is Cn1nc(N)cc1CN1CCc2ccccc21. The molecule has 1 aromatic carbocycles. The van der Waals surface area contributed by atoms with E-state index in [-0.39, 0.29) is 0 Å². The minimum atomic E-state index is 0.593. The van der Waals surface area contributed by atoms with Gasteiger partial charge in [-0.15, -0.1) is 0 Å². The predicted molar refractivity (Wildman–Crippen MR) is 68.8 cm³/mol.